The Morgan fingerprint density at radius 1 is 1.26 bits per heavy atom. The number of nitrogens with one attached hydrogen (secondary N) is 1. The van der Waals surface area contributed by atoms with Crippen molar-refractivity contribution in [3.8, 4) is 0 Å². The zero-order valence-corrected chi connectivity index (χ0v) is 10.2. The molecule has 1 aromatic carbocycles. The van der Waals surface area contributed by atoms with Gasteiger partial charge >= 0.3 is 6.18 Å². The lowest BCUT2D eigenvalue weighted by Crippen LogP contribution is -2.34. The largest absolute Gasteiger partial charge is 0.411 e. The maximum atomic E-state index is 13.4. The van der Waals surface area contributed by atoms with Gasteiger partial charge in [-0.15, -0.1) is 0 Å². The maximum absolute atomic E-state index is 13.4. The van der Waals surface area contributed by atoms with Crippen molar-refractivity contribution in [2.45, 2.75) is 18.6 Å². The van der Waals surface area contributed by atoms with Crippen LogP contribution in [-0.4, -0.2) is 32.5 Å². The fourth-order valence-electron chi connectivity index (χ4n) is 1.53. The summed E-state index contributed by atoms with van der Waals surface area (Å²) in [5.41, 5.74) is 0.0926. The van der Waals surface area contributed by atoms with Gasteiger partial charge in [0.15, 0.2) is 0 Å². The highest BCUT2D eigenvalue weighted by atomic mass is 19.4. The van der Waals surface area contributed by atoms with Crippen molar-refractivity contribution in [3.05, 3.63) is 35.4 Å². The third-order valence-corrected chi connectivity index (χ3v) is 2.47. The van der Waals surface area contributed by atoms with E-state index in [1.54, 1.807) is 0 Å². The van der Waals surface area contributed by atoms with Crippen LogP contribution < -0.4 is 5.32 Å². The van der Waals surface area contributed by atoms with Crippen LogP contribution in [0.15, 0.2) is 18.2 Å². The fourth-order valence-corrected chi connectivity index (χ4v) is 1.53. The van der Waals surface area contributed by atoms with E-state index in [0.29, 0.717) is 0 Å². The Bertz CT molecular complexity index is 408. The van der Waals surface area contributed by atoms with Gasteiger partial charge in [-0.3, -0.25) is 0 Å². The molecule has 1 unspecified atom stereocenters. The molecule has 1 atom stereocenters. The first-order chi connectivity index (χ1) is 8.81. The summed E-state index contributed by atoms with van der Waals surface area (Å²) >= 11 is 0. The van der Waals surface area contributed by atoms with Crippen molar-refractivity contribution in [3.63, 3.8) is 0 Å². The van der Waals surface area contributed by atoms with E-state index in [4.69, 9.17) is 0 Å². The molecule has 0 bridgehead atoms. The minimum Gasteiger partial charge on any atom is -0.370 e. The molecule has 108 valence electrons. The molecule has 0 aliphatic heterocycles. The number of hydrogen-bond donors (Lipinski definition) is 1. The molecule has 0 amide bonds. The second kappa shape index (κ2) is 6.81. The Morgan fingerprint density at radius 2 is 1.95 bits per heavy atom. The third-order valence-electron chi connectivity index (χ3n) is 2.47. The van der Waals surface area contributed by atoms with Gasteiger partial charge in [-0.1, -0.05) is 0 Å². The van der Waals surface area contributed by atoms with Gasteiger partial charge in [0.1, 0.15) is 18.2 Å². The van der Waals surface area contributed by atoms with Crippen LogP contribution >= 0.6 is 0 Å². The molecule has 0 radical (unpaired) electrons. The smallest absolute Gasteiger partial charge is 0.370 e. The van der Waals surface area contributed by atoms with Crippen molar-refractivity contribution in [2.24, 2.45) is 0 Å². The molecule has 0 saturated heterocycles. The van der Waals surface area contributed by atoms with Gasteiger partial charge in [-0.05, 0) is 37.2 Å². The van der Waals surface area contributed by atoms with Crippen LogP contribution in [0.1, 0.15) is 5.56 Å². The van der Waals surface area contributed by atoms with E-state index in [9.17, 15) is 22.0 Å². The van der Waals surface area contributed by atoms with E-state index in [1.165, 1.54) is 7.05 Å². The van der Waals surface area contributed by atoms with Crippen molar-refractivity contribution >= 4 is 0 Å². The lowest BCUT2D eigenvalue weighted by Gasteiger charge is -2.17. The summed E-state index contributed by atoms with van der Waals surface area (Å²) < 4.78 is 66.5. The maximum Gasteiger partial charge on any atom is 0.411 e. The molecular weight excluding hydrogens is 269 g/mol. The average molecular weight is 283 g/mol. The molecule has 0 aromatic heterocycles. The SMILES string of the molecule is CNC(COCC(F)(F)F)Cc1cc(F)ccc1F. The number of likely N-dealkylation sites (N-methyl/N-ethyl adjacent to an activating group) is 1. The highest BCUT2D eigenvalue weighted by Gasteiger charge is 2.27. The van der Waals surface area contributed by atoms with Gasteiger partial charge in [0.25, 0.3) is 0 Å². The minimum absolute atomic E-state index is 0.0396. The van der Waals surface area contributed by atoms with Crippen molar-refractivity contribution < 1.29 is 26.7 Å². The summed E-state index contributed by atoms with van der Waals surface area (Å²) in [6, 6.07) is 2.45. The average Bonchev–Trinajstić information content (AvgIpc) is 2.30. The van der Waals surface area contributed by atoms with Crippen LogP contribution in [-0.2, 0) is 11.2 Å². The molecular formula is C12H14F5NO. The van der Waals surface area contributed by atoms with Crippen LogP contribution in [0.3, 0.4) is 0 Å². The Labute approximate surface area is 107 Å². The van der Waals surface area contributed by atoms with E-state index >= 15 is 0 Å². The zero-order valence-electron chi connectivity index (χ0n) is 10.2. The summed E-state index contributed by atoms with van der Waals surface area (Å²) in [7, 11) is 1.51. The number of ether oxygens (including phenoxy) is 1. The summed E-state index contributed by atoms with van der Waals surface area (Å²) in [4.78, 5) is 0. The number of alkyl halides is 3. The van der Waals surface area contributed by atoms with E-state index in [-0.39, 0.29) is 18.6 Å². The number of hydrogen-bond acceptors (Lipinski definition) is 2. The highest BCUT2D eigenvalue weighted by molar-refractivity contribution is 5.19. The molecule has 2 nitrogen and oxygen atoms in total. The standard InChI is InChI=1S/C12H14F5NO/c1-18-10(6-19-7-12(15,16)17)5-8-4-9(13)2-3-11(8)14/h2-4,10,18H,5-7H2,1H3. The van der Waals surface area contributed by atoms with E-state index in [1.807, 2.05) is 0 Å². The van der Waals surface area contributed by atoms with E-state index < -0.39 is 30.5 Å². The van der Waals surface area contributed by atoms with E-state index in [2.05, 4.69) is 10.1 Å². The predicted octanol–water partition coefficient (Wildman–Crippen LogP) is 2.67. The van der Waals surface area contributed by atoms with Crippen LogP contribution in [0, 0.1) is 11.6 Å². The van der Waals surface area contributed by atoms with Gasteiger partial charge in [0.05, 0.1) is 6.61 Å². The van der Waals surface area contributed by atoms with Gasteiger partial charge in [-0.25, -0.2) is 8.78 Å². The van der Waals surface area contributed by atoms with Crippen LogP contribution in [0.4, 0.5) is 22.0 Å². The first-order valence-corrected chi connectivity index (χ1v) is 5.57. The predicted molar refractivity (Wildman–Crippen MR) is 59.8 cm³/mol. The highest BCUT2D eigenvalue weighted by Crippen LogP contribution is 2.15. The molecule has 0 saturated carbocycles. The summed E-state index contributed by atoms with van der Waals surface area (Å²) in [5, 5.41) is 2.70. The van der Waals surface area contributed by atoms with Gasteiger partial charge in [-0.2, -0.15) is 13.2 Å². The summed E-state index contributed by atoms with van der Waals surface area (Å²) in [6.07, 6.45) is -4.36. The lowest BCUT2D eigenvalue weighted by atomic mass is 10.1. The van der Waals surface area contributed by atoms with Crippen molar-refractivity contribution in [1.29, 1.82) is 0 Å². The van der Waals surface area contributed by atoms with Gasteiger partial charge in [0.2, 0.25) is 0 Å². The number of benzene rings is 1. The molecule has 0 heterocycles. The summed E-state index contributed by atoms with van der Waals surface area (Å²) in [5.74, 6) is -1.19. The topological polar surface area (TPSA) is 21.3 Å². The number of rotatable bonds is 6. The second-order valence-electron chi connectivity index (χ2n) is 4.06. The van der Waals surface area contributed by atoms with Gasteiger partial charge in [0, 0.05) is 6.04 Å². The summed E-state index contributed by atoms with van der Waals surface area (Å²) in [6.45, 7) is -1.61. The molecule has 0 aliphatic carbocycles. The van der Waals surface area contributed by atoms with Gasteiger partial charge < -0.3 is 10.1 Å². The fraction of sp³-hybridized carbons (Fsp3) is 0.500. The van der Waals surface area contributed by atoms with Crippen molar-refractivity contribution in [1.82, 2.24) is 5.32 Å². The molecule has 0 aliphatic rings. The first kappa shape index (κ1) is 15.8. The Balaban J connectivity index is 2.54. The Morgan fingerprint density at radius 3 is 2.53 bits per heavy atom. The minimum atomic E-state index is -4.40. The number of halogens is 5. The molecule has 19 heavy (non-hydrogen) atoms. The third kappa shape index (κ3) is 5.98. The van der Waals surface area contributed by atoms with Crippen LogP contribution in [0.25, 0.3) is 0 Å². The van der Waals surface area contributed by atoms with Crippen molar-refractivity contribution in [2.75, 3.05) is 20.3 Å². The lowest BCUT2D eigenvalue weighted by molar-refractivity contribution is -0.175. The molecule has 7 heteroatoms. The second-order valence-corrected chi connectivity index (χ2v) is 4.06. The molecule has 0 spiro atoms. The molecule has 1 N–H and O–H groups in total. The first-order valence-electron chi connectivity index (χ1n) is 5.57. The normalized spacial score (nSPS) is 13.6. The van der Waals surface area contributed by atoms with E-state index in [0.717, 1.165) is 18.2 Å². The van der Waals surface area contributed by atoms with Crippen LogP contribution in [0.5, 0.6) is 0 Å². The Hall–Kier alpha value is -1.21. The quantitative estimate of drug-likeness (QED) is 0.810. The monoisotopic (exact) mass is 283 g/mol. The Kier molecular flexibility index (Phi) is 5.68. The zero-order chi connectivity index (χ0) is 14.5. The molecule has 1 aromatic rings. The van der Waals surface area contributed by atoms with Crippen LogP contribution in [0.2, 0.25) is 0 Å². The molecule has 1 rings (SSSR count). The molecule has 0 fully saturated rings.